The molecule has 0 saturated heterocycles. The van der Waals surface area contributed by atoms with Crippen molar-refractivity contribution in [3.05, 3.63) is 0 Å². The van der Waals surface area contributed by atoms with E-state index in [1.807, 2.05) is 0 Å². The van der Waals surface area contributed by atoms with Crippen LogP contribution in [-0.2, 0) is 0 Å². The molecule has 0 aliphatic rings. The van der Waals surface area contributed by atoms with Crippen LogP contribution in [0.1, 0.15) is 163 Å². The fourth-order valence-electron chi connectivity index (χ4n) is 4.81. The molecule has 2 heteroatoms. The highest BCUT2D eigenvalue weighted by Gasteiger charge is 2.32. The van der Waals surface area contributed by atoms with Gasteiger partial charge in [0.2, 0.25) is 0 Å². The molecule has 0 aromatic carbocycles. The van der Waals surface area contributed by atoms with Crippen LogP contribution < -0.4 is 5.73 Å². The molecule has 0 saturated carbocycles. The fraction of sp³-hybridized carbons (Fsp3) is 1.00. The molecule has 0 spiro atoms. The monoisotopic (exact) mass is 413 g/mol. The average molecular weight is 414 g/mol. The van der Waals surface area contributed by atoms with Gasteiger partial charge >= 0.3 is 0 Å². The molecule has 2 nitrogen and oxygen atoms in total. The minimum atomic E-state index is 0. The normalized spacial score (nSPS) is 12.7. The third kappa shape index (κ3) is 17.3. The van der Waals surface area contributed by atoms with Gasteiger partial charge in [-0.2, -0.15) is 0 Å². The van der Waals surface area contributed by atoms with Crippen LogP contribution in [0.2, 0.25) is 0 Å². The highest BCUT2D eigenvalue weighted by molar-refractivity contribution is 4.91. The van der Waals surface area contributed by atoms with Crippen LogP contribution in [0.3, 0.4) is 0 Å². The van der Waals surface area contributed by atoms with Crippen LogP contribution in [0.5, 0.6) is 0 Å². The van der Waals surface area contributed by atoms with Crippen molar-refractivity contribution in [1.29, 1.82) is 0 Å². The van der Waals surface area contributed by atoms with Crippen LogP contribution in [0.4, 0.5) is 0 Å². The zero-order valence-electron chi connectivity index (χ0n) is 21.0. The van der Waals surface area contributed by atoms with Crippen molar-refractivity contribution < 1.29 is 5.48 Å². The molecule has 178 valence electrons. The predicted molar refractivity (Wildman–Crippen MR) is 134 cm³/mol. The van der Waals surface area contributed by atoms with E-state index >= 15 is 0 Å². The summed E-state index contributed by atoms with van der Waals surface area (Å²) in [4.78, 5) is 0. The van der Waals surface area contributed by atoms with Gasteiger partial charge in [-0.1, -0.05) is 137 Å². The van der Waals surface area contributed by atoms with Crippen molar-refractivity contribution in [2.75, 3.05) is 0 Å². The van der Waals surface area contributed by atoms with E-state index < -0.39 is 0 Å². The quantitative estimate of drug-likeness (QED) is 0.177. The lowest BCUT2D eigenvalue weighted by atomic mass is 9.72. The summed E-state index contributed by atoms with van der Waals surface area (Å²) in [6.07, 6.45) is 28.7. The average Bonchev–Trinajstić information content (AvgIpc) is 2.69. The molecule has 0 heterocycles. The van der Waals surface area contributed by atoms with Crippen LogP contribution >= 0.6 is 0 Å². The Bertz CT molecular complexity index is 291. The standard InChI is InChI=1S/C27H57N.H2O/c1-5-9-13-16-19-23-26(22-12-8-4)27(28,24-20-17-14-10-6-2)25-21-18-15-11-7-3;/h26H,5-25,28H2,1-4H3;1H2. The highest BCUT2D eigenvalue weighted by Crippen LogP contribution is 2.35. The summed E-state index contributed by atoms with van der Waals surface area (Å²) in [5, 5.41) is 0. The Morgan fingerprint density at radius 2 is 0.828 bits per heavy atom. The van der Waals surface area contributed by atoms with Gasteiger partial charge in [0.25, 0.3) is 0 Å². The van der Waals surface area contributed by atoms with Gasteiger partial charge in [0.1, 0.15) is 0 Å². The largest absolute Gasteiger partial charge is 0.412 e. The van der Waals surface area contributed by atoms with Crippen LogP contribution in [0.15, 0.2) is 0 Å². The van der Waals surface area contributed by atoms with E-state index in [1.165, 1.54) is 135 Å². The molecule has 0 radical (unpaired) electrons. The van der Waals surface area contributed by atoms with E-state index in [0.717, 1.165) is 5.92 Å². The Balaban J connectivity index is 0. The van der Waals surface area contributed by atoms with Crippen LogP contribution in [0, 0.1) is 5.92 Å². The van der Waals surface area contributed by atoms with Gasteiger partial charge < -0.3 is 11.2 Å². The molecule has 0 rings (SSSR count). The Hall–Kier alpha value is -0.0800. The van der Waals surface area contributed by atoms with Gasteiger partial charge in [-0.25, -0.2) is 0 Å². The second-order valence-corrected chi connectivity index (χ2v) is 9.60. The van der Waals surface area contributed by atoms with Gasteiger partial charge in [0.05, 0.1) is 0 Å². The third-order valence-electron chi connectivity index (χ3n) is 6.87. The van der Waals surface area contributed by atoms with E-state index in [1.54, 1.807) is 0 Å². The van der Waals surface area contributed by atoms with Crippen LogP contribution in [-0.4, -0.2) is 11.0 Å². The van der Waals surface area contributed by atoms with Crippen molar-refractivity contribution in [3.8, 4) is 0 Å². The topological polar surface area (TPSA) is 57.5 Å². The first kappa shape index (κ1) is 31.1. The van der Waals surface area contributed by atoms with Crippen LogP contribution in [0.25, 0.3) is 0 Å². The molecule has 4 N–H and O–H groups in total. The second kappa shape index (κ2) is 22.6. The SMILES string of the molecule is CCCCCCCC(CCCC)C(N)(CCCCCCC)CCCCCCC.O. The molecular formula is C27H59NO. The van der Waals surface area contributed by atoms with E-state index in [-0.39, 0.29) is 11.0 Å². The second-order valence-electron chi connectivity index (χ2n) is 9.60. The Morgan fingerprint density at radius 1 is 0.483 bits per heavy atom. The van der Waals surface area contributed by atoms with Crippen molar-refractivity contribution in [3.63, 3.8) is 0 Å². The number of unbranched alkanes of at least 4 members (excludes halogenated alkanes) is 13. The van der Waals surface area contributed by atoms with Crippen molar-refractivity contribution in [1.82, 2.24) is 0 Å². The maximum atomic E-state index is 7.25. The van der Waals surface area contributed by atoms with Gasteiger partial charge in [0.15, 0.2) is 0 Å². The molecule has 0 bridgehead atoms. The lowest BCUT2D eigenvalue weighted by molar-refractivity contribution is 0.190. The summed E-state index contributed by atoms with van der Waals surface area (Å²) >= 11 is 0. The first-order valence-corrected chi connectivity index (χ1v) is 13.4. The molecule has 1 atom stereocenters. The third-order valence-corrected chi connectivity index (χ3v) is 6.87. The van der Waals surface area contributed by atoms with E-state index in [2.05, 4.69) is 27.7 Å². The molecule has 0 aliphatic carbocycles. The lowest BCUT2D eigenvalue weighted by Crippen LogP contribution is -2.47. The summed E-state index contributed by atoms with van der Waals surface area (Å²) in [5.41, 5.74) is 7.36. The summed E-state index contributed by atoms with van der Waals surface area (Å²) in [6.45, 7) is 9.27. The Labute approximate surface area is 185 Å². The Kier molecular flexibility index (Phi) is 24.2. The summed E-state index contributed by atoms with van der Waals surface area (Å²) in [6, 6.07) is 0. The molecule has 29 heavy (non-hydrogen) atoms. The van der Waals surface area contributed by atoms with Gasteiger partial charge in [-0.3, -0.25) is 0 Å². The van der Waals surface area contributed by atoms with Gasteiger partial charge in [-0.15, -0.1) is 0 Å². The van der Waals surface area contributed by atoms with E-state index in [9.17, 15) is 0 Å². The number of hydrogen-bond acceptors (Lipinski definition) is 1. The Morgan fingerprint density at radius 3 is 1.24 bits per heavy atom. The highest BCUT2D eigenvalue weighted by atomic mass is 16.0. The van der Waals surface area contributed by atoms with Gasteiger partial charge in [-0.05, 0) is 31.6 Å². The molecular weight excluding hydrogens is 354 g/mol. The number of rotatable bonds is 22. The molecule has 0 aromatic rings. The minimum absolute atomic E-state index is 0. The molecule has 0 amide bonds. The molecule has 0 aliphatic heterocycles. The summed E-state index contributed by atoms with van der Waals surface area (Å²) in [5.74, 6) is 0.756. The number of hydrogen-bond donors (Lipinski definition) is 1. The first-order valence-electron chi connectivity index (χ1n) is 13.4. The molecule has 0 fully saturated rings. The lowest BCUT2D eigenvalue weighted by Gasteiger charge is -2.39. The number of nitrogens with two attached hydrogens (primary N) is 1. The summed E-state index contributed by atoms with van der Waals surface area (Å²) < 4.78 is 0. The minimum Gasteiger partial charge on any atom is -0.412 e. The van der Waals surface area contributed by atoms with Crippen molar-refractivity contribution in [2.45, 2.75) is 168 Å². The van der Waals surface area contributed by atoms with Crippen molar-refractivity contribution >= 4 is 0 Å². The first-order chi connectivity index (χ1) is 13.6. The van der Waals surface area contributed by atoms with E-state index in [4.69, 9.17) is 5.73 Å². The fourth-order valence-corrected chi connectivity index (χ4v) is 4.81. The van der Waals surface area contributed by atoms with Gasteiger partial charge in [0, 0.05) is 5.54 Å². The maximum Gasteiger partial charge on any atom is 0.0182 e. The molecule has 0 aromatic heterocycles. The van der Waals surface area contributed by atoms with E-state index in [0.29, 0.717) is 0 Å². The maximum absolute atomic E-state index is 7.25. The molecule has 1 unspecified atom stereocenters. The zero-order chi connectivity index (χ0) is 20.9. The van der Waals surface area contributed by atoms with Crippen molar-refractivity contribution in [2.24, 2.45) is 11.7 Å². The summed E-state index contributed by atoms with van der Waals surface area (Å²) in [7, 11) is 0. The predicted octanol–water partition coefficient (Wildman–Crippen LogP) is 8.75. The smallest absolute Gasteiger partial charge is 0.0182 e. The zero-order valence-corrected chi connectivity index (χ0v) is 21.0.